The summed E-state index contributed by atoms with van der Waals surface area (Å²) in [5, 5.41) is 0. The van der Waals surface area contributed by atoms with Gasteiger partial charge in [-0.1, -0.05) is 12.1 Å². The molecule has 1 N–H and O–H groups in total. The van der Waals surface area contributed by atoms with Crippen molar-refractivity contribution >= 4 is 11.6 Å². The number of piperazine rings is 1. The van der Waals surface area contributed by atoms with Gasteiger partial charge in [0.2, 0.25) is 0 Å². The molecule has 6 nitrogen and oxygen atoms in total. The number of aromatic amines is 1. The Morgan fingerprint density at radius 2 is 1.83 bits per heavy atom. The highest BCUT2D eigenvalue weighted by Gasteiger charge is 2.25. The van der Waals surface area contributed by atoms with Gasteiger partial charge < -0.3 is 14.8 Å². The van der Waals surface area contributed by atoms with Crippen LogP contribution < -0.4 is 10.5 Å². The lowest BCUT2D eigenvalue weighted by Crippen LogP contribution is -2.49. The minimum atomic E-state index is -0.371. The number of hydrogen-bond donors (Lipinski definition) is 1. The van der Waals surface area contributed by atoms with Crippen molar-refractivity contribution in [1.82, 2.24) is 14.9 Å². The summed E-state index contributed by atoms with van der Waals surface area (Å²) in [5.74, 6) is 0.264. The van der Waals surface area contributed by atoms with Crippen molar-refractivity contribution in [2.45, 2.75) is 20.8 Å². The summed E-state index contributed by atoms with van der Waals surface area (Å²) in [6.07, 6.45) is 1.37. The maximum atomic E-state index is 12.5. The number of aryl methyl sites for hydroxylation is 2. The predicted molar refractivity (Wildman–Crippen MR) is 93.6 cm³/mol. The molecule has 1 aliphatic rings. The number of nitrogens with one attached hydrogen (secondary N) is 1. The first-order valence-electron chi connectivity index (χ1n) is 8.13. The maximum Gasteiger partial charge on any atom is 0.263 e. The van der Waals surface area contributed by atoms with Crippen LogP contribution in [0.2, 0.25) is 0 Å². The number of H-pyrrole nitrogens is 1. The van der Waals surface area contributed by atoms with E-state index < -0.39 is 0 Å². The van der Waals surface area contributed by atoms with Gasteiger partial charge >= 0.3 is 0 Å². The van der Waals surface area contributed by atoms with Crippen LogP contribution in [0, 0.1) is 20.8 Å². The number of amides is 1. The summed E-state index contributed by atoms with van der Waals surface area (Å²) in [4.78, 5) is 35.1. The molecule has 0 unspecified atom stereocenters. The number of aromatic nitrogens is 2. The van der Waals surface area contributed by atoms with E-state index in [0.717, 1.165) is 13.1 Å². The van der Waals surface area contributed by atoms with Crippen LogP contribution in [-0.4, -0.2) is 47.0 Å². The highest BCUT2D eigenvalue weighted by atomic mass is 16.2. The van der Waals surface area contributed by atoms with Crippen LogP contribution in [0.5, 0.6) is 0 Å². The molecule has 0 spiro atoms. The second-order valence-corrected chi connectivity index (χ2v) is 6.21. The molecule has 1 fully saturated rings. The Morgan fingerprint density at radius 3 is 2.50 bits per heavy atom. The van der Waals surface area contributed by atoms with E-state index in [0.29, 0.717) is 18.9 Å². The average molecular weight is 326 g/mol. The van der Waals surface area contributed by atoms with Crippen LogP contribution in [0.4, 0.5) is 5.69 Å². The molecule has 0 radical (unpaired) electrons. The highest BCUT2D eigenvalue weighted by Crippen LogP contribution is 2.24. The quantitative estimate of drug-likeness (QED) is 0.911. The van der Waals surface area contributed by atoms with Crippen LogP contribution in [0.1, 0.15) is 27.3 Å². The number of hydrogen-bond acceptors (Lipinski definition) is 4. The molecule has 0 saturated carbocycles. The van der Waals surface area contributed by atoms with E-state index in [1.54, 1.807) is 11.8 Å². The molecule has 1 amide bonds. The summed E-state index contributed by atoms with van der Waals surface area (Å²) in [6, 6.07) is 6.29. The molecule has 0 aliphatic carbocycles. The van der Waals surface area contributed by atoms with Crippen molar-refractivity contribution in [3.63, 3.8) is 0 Å². The fourth-order valence-corrected chi connectivity index (χ4v) is 3.04. The van der Waals surface area contributed by atoms with Crippen molar-refractivity contribution in [3.8, 4) is 0 Å². The molecule has 1 aromatic carbocycles. The molecule has 24 heavy (non-hydrogen) atoms. The summed E-state index contributed by atoms with van der Waals surface area (Å²) < 4.78 is 0. The summed E-state index contributed by atoms with van der Waals surface area (Å²) in [6.45, 7) is 8.63. The number of nitrogens with zero attached hydrogens (tertiary/aromatic N) is 3. The van der Waals surface area contributed by atoms with E-state index in [1.165, 1.54) is 23.0 Å². The summed E-state index contributed by atoms with van der Waals surface area (Å²) >= 11 is 0. The molecule has 0 atom stereocenters. The predicted octanol–water partition coefficient (Wildman–Crippen LogP) is 1.66. The Kier molecular flexibility index (Phi) is 4.38. The van der Waals surface area contributed by atoms with E-state index in [4.69, 9.17) is 0 Å². The topological polar surface area (TPSA) is 69.3 Å². The monoisotopic (exact) mass is 326 g/mol. The van der Waals surface area contributed by atoms with Gasteiger partial charge in [-0.3, -0.25) is 9.59 Å². The third-order valence-electron chi connectivity index (χ3n) is 4.64. The van der Waals surface area contributed by atoms with E-state index >= 15 is 0 Å². The number of carbonyl (C=O) groups excluding carboxylic acids is 1. The normalized spacial score (nSPS) is 14.8. The standard InChI is InChI=1S/C18H22N4O2/c1-12-5-4-6-16(13(12)2)21-7-9-22(10-8-21)18(24)15-11-19-14(3)20-17(15)23/h4-6,11H,7-10H2,1-3H3,(H,19,20,23). The van der Waals surface area contributed by atoms with E-state index in [-0.39, 0.29) is 17.0 Å². The molecule has 1 aromatic heterocycles. The van der Waals surface area contributed by atoms with Gasteiger partial charge in [0.25, 0.3) is 11.5 Å². The van der Waals surface area contributed by atoms with Gasteiger partial charge in [0.1, 0.15) is 11.4 Å². The Bertz CT molecular complexity index is 820. The van der Waals surface area contributed by atoms with Gasteiger partial charge in [0.05, 0.1) is 0 Å². The molecule has 6 heteroatoms. The zero-order valence-corrected chi connectivity index (χ0v) is 14.3. The van der Waals surface area contributed by atoms with Crippen LogP contribution in [0.3, 0.4) is 0 Å². The molecule has 1 aliphatic heterocycles. The molecular formula is C18H22N4O2. The van der Waals surface area contributed by atoms with E-state index in [9.17, 15) is 9.59 Å². The number of benzene rings is 1. The molecule has 3 rings (SSSR count). The lowest BCUT2D eigenvalue weighted by molar-refractivity contribution is 0.0744. The first-order chi connectivity index (χ1) is 11.5. The molecule has 2 heterocycles. The minimum Gasteiger partial charge on any atom is -0.368 e. The first-order valence-corrected chi connectivity index (χ1v) is 8.13. The van der Waals surface area contributed by atoms with Gasteiger partial charge in [0, 0.05) is 38.1 Å². The van der Waals surface area contributed by atoms with Crippen LogP contribution in [0.25, 0.3) is 0 Å². The van der Waals surface area contributed by atoms with Gasteiger partial charge in [0.15, 0.2) is 0 Å². The SMILES string of the molecule is Cc1ncc(C(=O)N2CCN(c3cccc(C)c3C)CC2)c(=O)[nH]1. The second kappa shape index (κ2) is 6.47. The van der Waals surface area contributed by atoms with Gasteiger partial charge in [-0.05, 0) is 38.0 Å². The average Bonchev–Trinajstić information content (AvgIpc) is 2.57. The van der Waals surface area contributed by atoms with Crippen LogP contribution >= 0.6 is 0 Å². The molecule has 2 aromatic rings. The van der Waals surface area contributed by atoms with Crippen molar-refractivity contribution in [2.75, 3.05) is 31.1 Å². The van der Waals surface area contributed by atoms with Crippen LogP contribution in [-0.2, 0) is 0 Å². The fourth-order valence-electron chi connectivity index (χ4n) is 3.04. The van der Waals surface area contributed by atoms with Crippen molar-refractivity contribution in [3.05, 3.63) is 57.3 Å². The van der Waals surface area contributed by atoms with Crippen molar-refractivity contribution in [2.24, 2.45) is 0 Å². The molecular weight excluding hydrogens is 304 g/mol. The van der Waals surface area contributed by atoms with Crippen molar-refractivity contribution in [1.29, 1.82) is 0 Å². The zero-order valence-electron chi connectivity index (χ0n) is 14.3. The fraction of sp³-hybridized carbons (Fsp3) is 0.389. The number of anilines is 1. The van der Waals surface area contributed by atoms with Crippen LogP contribution in [0.15, 0.2) is 29.2 Å². The highest BCUT2D eigenvalue weighted by molar-refractivity contribution is 5.93. The van der Waals surface area contributed by atoms with Crippen molar-refractivity contribution < 1.29 is 4.79 Å². The third-order valence-corrected chi connectivity index (χ3v) is 4.64. The molecule has 126 valence electrons. The number of rotatable bonds is 2. The van der Waals surface area contributed by atoms with Gasteiger partial charge in [-0.25, -0.2) is 4.98 Å². The third kappa shape index (κ3) is 3.04. The number of carbonyl (C=O) groups is 1. The lowest BCUT2D eigenvalue weighted by atomic mass is 10.1. The Hall–Kier alpha value is -2.63. The zero-order chi connectivity index (χ0) is 17.3. The smallest absolute Gasteiger partial charge is 0.263 e. The maximum absolute atomic E-state index is 12.5. The van der Waals surface area contributed by atoms with E-state index in [1.807, 2.05) is 0 Å². The Morgan fingerprint density at radius 1 is 1.12 bits per heavy atom. The minimum absolute atomic E-state index is 0.112. The van der Waals surface area contributed by atoms with E-state index in [2.05, 4.69) is 46.9 Å². The lowest BCUT2D eigenvalue weighted by Gasteiger charge is -2.37. The summed E-state index contributed by atoms with van der Waals surface area (Å²) in [7, 11) is 0. The Balaban J connectivity index is 1.72. The molecule has 0 bridgehead atoms. The molecule has 1 saturated heterocycles. The first kappa shape index (κ1) is 16.2. The van der Waals surface area contributed by atoms with Gasteiger partial charge in [-0.2, -0.15) is 0 Å². The Labute approximate surface area is 141 Å². The van der Waals surface area contributed by atoms with Gasteiger partial charge in [-0.15, -0.1) is 0 Å². The summed E-state index contributed by atoms with van der Waals surface area (Å²) in [5.41, 5.74) is 3.50. The second-order valence-electron chi connectivity index (χ2n) is 6.21. The largest absolute Gasteiger partial charge is 0.368 e.